The Morgan fingerprint density at radius 1 is 1.16 bits per heavy atom. The molecule has 7 heteroatoms. The van der Waals surface area contributed by atoms with Gasteiger partial charge in [0.2, 0.25) is 0 Å². The first-order valence-electron chi connectivity index (χ1n) is 11.2. The molecule has 0 radical (unpaired) electrons. The molecule has 1 aromatic heterocycles. The first-order chi connectivity index (χ1) is 14.7. The van der Waals surface area contributed by atoms with Crippen LogP contribution in [0.25, 0.3) is 0 Å². The zero-order valence-corrected chi connectivity index (χ0v) is 20.4. The topological polar surface area (TPSA) is 64.3 Å². The quantitative estimate of drug-likeness (QED) is 0.652. The minimum Gasteiger partial charge on any atom is -0.369 e. The summed E-state index contributed by atoms with van der Waals surface area (Å²) in [5, 5.41) is 3.62. The number of anilines is 1. The van der Waals surface area contributed by atoms with E-state index in [0.29, 0.717) is 29.2 Å². The molecule has 1 amide bonds. The van der Waals surface area contributed by atoms with Gasteiger partial charge >= 0.3 is 0 Å². The number of aromatic amines is 1. The van der Waals surface area contributed by atoms with Crippen molar-refractivity contribution in [1.29, 1.82) is 0 Å². The molecule has 0 aliphatic heterocycles. The lowest BCUT2D eigenvalue weighted by atomic mass is 9.89. The lowest BCUT2D eigenvalue weighted by Gasteiger charge is -2.40. The third-order valence-corrected chi connectivity index (χ3v) is 6.82. The number of hydrogen-bond donors (Lipinski definition) is 2. The Bertz CT molecular complexity index is 915. The number of amides is 1. The SMILES string of the molecule is CCN(c1cc(Cl)cc(C(=O)NCc2[nH]c(C)nc2C)c1C)[C@H]1CC[C@H](N(C)C)CC1. The predicted octanol–water partition coefficient (Wildman–Crippen LogP) is 4.62. The number of halogens is 1. The molecule has 1 heterocycles. The van der Waals surface area contributed by atoms with E-state index >= 15 is 0 Å². The van der Waals surface area contributed by atoms with Crippen molar-refractivity contribution in [2.24, 2.45) is 0 Å². The van der Waals surface area contributed by atoms with Crippen molar-refractivity contribution >= 4 is 23.2 Å². The van der Waals surface area contributed by atoms with Crippen LogP contribution in [-0.4, -0.2) is 53.5 Å². The van der Waals surface area contributed by atoms with E-state index in [0.717, 1.165) is 47.8 Å². The highest BCUT2D eigenvalue weighted by molar-refractivity contribution is 6.31. The fraction of sp³-hybridized carbons (Fsp3) is 0.583. The number of carbonyl (C=O) groups is 1. The van der Waals surface area contributed by atoms with Crippen LogP contribution in [0, 0.1) is 20.8 Å². The maximum atomic E-state index is 13.0. The van der Waals surface area contributed by atoms with Crippen LogP contribution in [-0.2, 0) is 6.54 Å². The second kappa shape index (κ2) is 10.0. The average Bonchev–Trinajstić information content (AvgIpc) is 3.06. The summed E-state index contributed by atoms with van der Waals surface area (Å²) in [6, 6.07) is 4.92. The number of imidazole rings is 1. The summed E-state index contributed by atoms with van der Waals surface area (Å²) in [6.07, 6.45) is 4.71. The van der Waals surface area contributed by atoms with Crippen LogP contribution in [0.2, 0.25) is 5.02 Å². The number of benzene rings is 1. The van der Waals surface area contributed by atoms with E-state index in [9.17, 15) is 4.79 Å². The molecule has 1 aromatic carbocycles. The molecule has 0 bridgehead atoms. The number of aromatic nitrogens is 2. The Morgan fingerprint density at radius 3 is 2.35 bits per heavy atom. The molecule has 0 saturated heterocycles. The number of nitrogens with zero attached hydrogens (tertiary/aromatic N) is 3. The molecular weight excluding hydrogens is 410 g/mol. The molecule has 2 aromatic rings. The van der Waals surface area contributed by atoms with E-state index in [2.05, 4.69) is 46.1 Å². The highest BCUT2D eigenvalue weighted by Gasteiger charge is 2.28. The maximum absolute atomic E-state index is 13.0. The standard InChI is InChI=1S/C24H36ClN5O/c1-7-30(20-10-8-19(9-11-20)29(5)6)23-13-18(25)12-21(15(23)2)24(31)26-14-22-16(3)27-17(4)28-22/h12-13,19-20H,7-11,14H2,1-6H3,(H,26,31)(H,27,28)/t19-,20-. The van der Waals surface area contributed by atoms with Gasteiger partial charge in [-0.05, 0) is 85.2 Å². The molecule has 1 aliphatic rings. The van der Waals surface area contributed by atoms with E-state index in [-0.39, 0.29) is 5.91 Å². The molecule has 1 fully saturated rings. The summed E-state index contributed by atoms with van der Waals surface area (Å²) in [5.74, 6) is 0.741. The summed E-state index contributed by atoms with van der Waals surface area (Å²) in [4.78, 5) is 25.4. The Hall–Kier alpha value is -2.05. The molecule has 6 nitrogen and oxygen atoms in total. The third-order valence-electron chi connectivity index (χ3n) is 6.61. The van der Waals surface area contributed by atoms with E-state index < -0.39 is 0 Å². The first kappa shape index (κ1) is 23.6. The summed E-state index contributed by atoms with van der Waals surface area (Å²) >= 11 is 6.49. The van der Waals surface area contributed by atoms with Gasteiger partial charge in [0.15, 0.2) is 0 Å². The van der Waals surface area contributed by atoms with E-state index in [1.807, 2.05) is 26.8 Å². The van der Waals surface area contributed by atoms with Gasteiger partial charge in [0.05, 0.1) is 17.9 Å². The molecule has 0 unspecified atom stereocenters. The van der Waals surface area contributed by atoms with Crippen molar-refractivity contribution in [3.05, 3.63) is 45.5 Å². The van der Waals surface area contributed by atoms with Crippen molar-refractivity contribution in [2.45, 2.75) is 72.0 Å². The Labute approximate surface area is 191 Å². The van der Waals surface area contributed by atoms with Gasteiger partial charge in [-0.25, -0.2) is 4.98 Å². The van der Waals surface area contributed by atoms with E-state index in [1.165, 1.54) is 12.8 Å². The lowest BCUT2D eigenvalue weighted by molar-refractivity contribution is 0.0950. The number of H-pyrrole nitrogens is 1. The minimum absolute atomic E-state index is 0.111. The van der Waals surface area contributed by atoms with Crippen molar-refractivity contribution in [1.82, 2.24) is 20.2 Å². The van der Waals surface area contributed by atoms with E-state index in [1.54, 1.807) is 6.07 Å². The highest BCUT2D eigenvalue weighted by Crippen LogP contribution is 2.34. The number of aryl methyl sites for hydroxylation is 2. The van der Waals surface area contributed by atoms with Gasteiger partial charge in [0.25, 0.3) is 5.91 Å². The number of carbonyl (C=O) groups excluding carboxylic acids is 1. The molecule has 2 N–H and O–H groups in total. The van der Waals surface area contributed by atoms with E-state index in [4.69, 9.17) is 11.6 Å². The van der Waals surface area contributed by atoms with Crippen molar-refractivity contribution in [2.75, 3.05) is 25.5 Å². The molecule has 170 valence electrons. The molecule has 1 saturated carbocycles. The van der Waals surface area contributed by atoms with Gasteiger partial charge in [-0.15, -0.1) is 0 Å². The highest BCUT2D eigenvalue weighted by atomic mass is 35.5. The Morgan fingerprint density at radius 2 is 1.81 bits per heavy atom. The fourth-order valence-electron chi connectivity index (χ4n) is 4.80. The lowest BCUT2D eigenvalue weighted by Crippen LogP contribution is -2.42. The molecule has 31 heavy (non-hydrogen) atoms. The molecule has 3 rings (SSSR count). The number of nitrogens with one attached hydrogen (secondary N) is 2. The zero-order chi connectivity index (χ0) is 22.7. The predicted molar refractivity (Wildman–Crippen MR) is 128 cm³/mol. The maximum Gasteiger partial charge on any atom is 0.251 e. The van der Waals surface area contributed by atoms with Gasteiger partial charge in [-0.3, -0.25) is 4.79 Å². The van der Waals surface area contributed by atoms with Crippen molar-refractivity contribution in [3.8, 4) is 0 Å². The first-order valence-corrected chi connectivity index (χ1v) is 11.6. The number of rotatable bonds is 7. The van der Waals surface area contributed by atoms with Crippen molar-refractivity contribution in [3.63, 3.8) is 0 Å². The van der Waals surface area contributed by atoms with Gasteiger partial charge in [-0.1, -0.05) is 11.6 Å². The summed E-state index contributed by atoms with van der Waals surface area (Å²) in [6.45, 7) is 9.38. The smallest absolute Gasteiger partial charge is 0.251 e. The molecule has 1 aliphatic carbocycles. The van der Waals surface area contributed by atoms with Crippen molar-refractivity contribution < 1.29 is 4.79 Å². The zero-order valence-electron chi connectivity index (χ0n) is 19.7. The monoisotopic (exact) mass is 445 g/mol. The van der Waals surface area contributed by atoms with Gasteiger partial charge < -0.3 is 20.1 Å². The second-order valence-corrected chi connectivity index (χ2v) is 9.31. The van der Waals surface area contributed by atoms with Crippen LogP contribution < -0.4 is 10.2 Å². The van der Waals surface area contributed by atoms with Crippen LogP contribution >= 0.6 is 11.6 Å². The van der Waals surface area contributed by atoms with Gasteiger partial charge in [-0.2, -0.15) is 0 Å². The van der Waals surface area contributed by atoms with Crippen LogP contribution in [0.3, 0.4) is 0 Å². The van der Waals surface area contributed by atoms with Crippen LogP contribution in [0.5, 0.6) is 0 Å². The number of hydrogen-bond acceptors (Lipinski definition) is 4. The normalized spacial score (nSPS) is 19.0. The molecule has 0 spiro atoms. The average molecular weight is 446 g/mol. The van der Waals surface area contributed by atoms with Gasteiger partial charge in [0, 0.05) is 34.9 Å². The fourth-order valence-corrected chi connectivity index (χ4v) is 5.01. The largest absolute Gasteiger partial charge is 0.369 e. The minimum atomic E-state index is -0.111. The third kappa shape index (κ3) is 5.42. The Kier molecular flexibility index (Phi) is 7.65. The van der Waals surface area contributed by atoms with Crippen LogP contribution in [0.1, 0.15) is 65.7 Å². The molecule has 0 atom stereocenters. The Balaban J connectivity index is 1.78. The van der Waals surface area contributed by atoms with Crippen LogP contribution in [0.4, 0.5) is 5.69 Å². The summed E-state index contributed by atoms with van der Waals surface area (Å²) in [7, 11) is 4.33. The summed E-state index contributed by atoms with van der Waals surface area (Å²) in [5.41, 5.74) is 4.53. The molecular formula is C24H36ClN5O. The summed E-state index contributed by atoms with van der Waals surface area (Å²) < 4.78 is 0. The van der Waals surface area contributed by atoms with Gasteiger partial charge in [0.1, 0.15) is 5.82 Å². The second-order valence-electron chi connectivity index (χ2n) is 8.88. The van der Waals surface area contributed by atoms with Crippen LogP contribution in [0.15, 0.2) is 12.1 Å².